The second kappa shape index (κ2) is 3.98. The molecule has 0 spiro atoms. The number of hydrogen-bond donors (Lipinski definition) is 3. The topological polar surface area (TPSA) is 69.7 Å². The van der Waals surface area contributed by atoms with Crippen molar-refractivity contribution in [3.8, 4) is 0 Å². The van der Waals surface area contributed by atoms with E-state index >= 15 is 0 Å². The van der Waals surface area contributed by atoms with E-state index in [4.69, 9.17) is 5.73 Å². The van der Waals surface area contributed by atoms with Crippen LogP contribution in [0.2, 0.25) is 0 Å². The van der Waals surface area contributed by atoms with Crippen molar-refractivity contribution in [3.05, 3.63) is 29.3 Å². The van der Waals surface area contributed by atoms with Gasteiger partial charge >= 0.3 is 0 Å². The highest BCUT2D eigenvalue weighted by atomic mass is 16.3. The van der Waals surface area contributed by atoms with E-state index in [1.807, 2.05) is 12.1 Å². The Balaban J connectivity index is 1.84. The highest BCUT2D eigenvalue weighted by molar-refractivity contribution is 5.47. The minimum Gasteiger partial charge on any atom is -0.399 e. The van der Waals surface area contributed by atoms with Gasteiger partial charge in [-0.05, 0) is 36.1 Å². The molecule has 4 N–H and O–H groups in total. The highest BCUT2D eigenvalue weighted by Crippen LogP contribution is 2.38. The average Bonchev–Trinajstić information content (AvgIpc) is 2.83. The van der Waals surface area contributed by atoms with Crippen LogP contribution in [0, 0.1) is 0 Å². The summed E-state index contributed by atoms with van der Waals surface area (Å²) in [5.41, 5.74) is 9.21. The van der Waals surface area contributed by atoms with Gasteiger partial charge in [-0.2, -0.15) is 0 Å². The summed E-state index contributed by atoms with van der Waals surface area (Å²) in [7, 11) is 0. The molecule has 0 saturated carbocycles. The first-order chi connectivity index (χ1) is 8.15. The Kier molecular flexibility index (Phi) is 2.58. The SMILES string of the molecule is Nc1ccc2c(c1)CCC2N1CC(O)C(O)C1. The molecule has 1 fully saturated rings. The maximum absolute atomic E-state index is 9.61. The van der Waals surface area contributed by atoms with Crippen LogP contribution < -0.4 is 5.73 Å². The van der Waals surface area contributed by atoms with Gasteiger partial charge in [0.25, 0.3) is 0 Å². The molecule has 0 radical (unpaired) electrons. The molecule has 0 amide bonds. The fraction of sp³-hybridized carbons (Fsp3) is 0.538. The van der Waals surface area contributed by atoms with Crippen LogP contribution in [0.15, 0.2) is 18.2 Å². The van der Waals surface area contributed by atoms with Crippen LogP contribution in [0.5, 0.6) is 0 Å². The van der Waals surface area contributed by atoms with Gasteiger partial charge in [0.1, 0.15) is 0 Å². The summed E-state index contributed by atoms with van der Waals surface area (Å²) in [6.45, 7) is 1.13. The van der Waals surface area contributed by atoms with Crippen LogP contribution >= 0.6 is 0 Å². The molecule has 0 aromatic heterocycles. The van der Waals surface area contributed by atoms with E-state index in [0.717, 1.165) is 18.5 Å². The van der Waals surface area contributed by atoms with E-state index in [9.17, 15) is 10.2 Å². The number of benzene rings is 1. The van der Waals surface area contributed by atoms with Gasteiger partial charge in [0, 0.05) is 24.8 Å². The Bertz CT molecular complexity index is 425. The molecule has 1 saturated heterocycles. The first kappa shape index (κ1) is 11.0. The van der Waals surface area contributed by atoms with Crippen molar-refractivity contribution in [1.29, 1.82) is 0 Å². The lowest BCUT2D eigenvalue weighted by Gasteiger charge is -2.24. The first-order valence-electron chi connectivity index (χ1n) is 6.13. The van der Waals surface area contributed by atoms with E-state index in [1.54, 1.807) is 0 Å². The van der Waals surface area contributed by atoms with E-state index < -0.39 is 12.2 Å². The summed E-state index contributed by atoms with van der Waals surface area (Å²) in [4.78, 5) is 2.18. The standard InChI is InChI=1S/C13H18N2O2/c14-9-2-3-10-8(5-9)1-4-11(10)15-6-12(16)13(17)7-15/h2-3,5,11-13,16-17H,1,4,6-7,14H2. The number of likely N-dealkylation sites (tertiary alicyclic amines) is 1. The number of hydrogen-bond acceptors (Lipinski definition) is 4. The third-order valence-corrected chi connectivity index (χ3v) is 3.94. The Morgan fingerprint density at radius 1 is 1.18 bits per heavy atom. The normalized spacial score (nSPS) is 32.9. The molecule has 4 heteroatoms. The van der Waals surface area contributed by atoms with Crippen LogP contribution in [-0.4, -0.2) is 40.4 Å². The Morgan fingerprint density at radius 3 is 2.59 bits per heavy atom. The molecule has 2 aliphatic rings. The summed E-state index contributed by atoms with van der Waals surface area (Å²) in [5, 5.41) is 19.2. The molecule has 4 nitrogen and oxygen atoms in total. The fourth-order valence-electron chi connectivity index (χ4n) is 3.05. The quantitative estimate of drug-likeness (QED) is 0.611. The molecule has 0 bridgehead atoms. The number of nitrogens with zero attached hydrogens (tertiary/aromatic N) is 1. The Labute approximate surface area is 101 Å². The summed E-state index contributed by atoms with van der Waals surface area (Å²) < 4.78 is 0. The maximum atomic E-state index is 9.61. The lowest BCUT2D eigenvalue weighted by molar-refractivity contribution is 0.0572. The predicted octanol–water partition coefficient (Wildman–Crippen LogP) is 0.293. The van der Waals surface area contributed by atoms with Crippen molar-refractivity contribution in [1.82, 2.24) is 4.90 Å². The van der Waals surface area contributed by atoms with Crippen molar-refractivity contribution >= 4 is 5.69 Å². The van der Waals surface area contributed by atoms with Crippen LogP contribution in [0.3, 0.4) is 0 Å². The van der Waals surface area contributed by atoms with Crippen LogP contribution in [-0.2, 0) is 6.42 Å². The molecule has 3 unspecified atom stereocenters. The molecule has 1 aromatic carbocycles. The number of nitrogen functional groups attached to an aromatic ring is 1. The highest BCUT2D eigenvalue weighted by Gasteiger charge is 2.36. The van der Waals surface area contributed by atoms with Gasteiger partial charge in [-0.3, -0.25) is 4.90 Å². The summed E-state index contributed by atoms with van der Waals surface area (Å²) in [6.07, 6.45) is 0.882. The zero-order chi connectivity index (χ0) is 12.0. The van der Waals surface area contributed by atoms with Gasteiger partial charge in [0.2, 0.25) is 0 Å². The van der Waals surface area contributed by atoms with E-state index in [0.29, 0.717) is 19.1 Å². The smallest absolute Gasteiger partial charge is 0.0938 e. The van der Waals surface area contributed by atoms with Gasteiger partial charge < -0.3 is 15.9 Å². The number of aryl methyl sites for hydroxylation is 1. The monoisotopic (exact) mass is 234 g/mol. The number of fused-ring (bicyclic) bond motifs is 1. The Morgan fingerprint density at radius 2 is 1.88 bits per heavy atom. The van der Waals surface area contributed by atoms with Crippen molar-refractivity contribution in [2.75, 3.05) is 18.8 Å². The van der Waals surface area contributed by atoms with E-state index in [1.165, 1.54) is 11.1 Å². The fourth-order valence-corrected chi connectivity index (χ4v) is 3.05. The maximum Gasteiger partial charge on any atom is 0.0938 e. The van der Waals surface area contributed by atoms with Crippen LogP contribution in [0.1, 0.15) is 23.6 Å². The second-order valence-corrected chi connectivity index (χ2v) is 5.10. The van der Waals surface area contributed by atoms with Gasteiger partial charge in [0.15, 0.2) is 0 Å². The summed E-state index contributed by atoms with van der Waals surface area (Å²) in [5.74, 6) is 0. The molecule has 3 rings (SSSR count). The predicted molar refractivity (Wildman–Crippen MR) is 65.5 cm³/mol. The van der Waals surface area contributed by atoms with Crippen molar-refractivity contribution in [2.24, 2.45) is 0 Å². The zero-order valence-electron chi connectivity index (χ0n) is 9.71. The number of β-amino-alcohol motifs (C(OH)–C–C–N with tert-alkyl or cyclic N) is 2. The molecule has 1 aliphatic heterocycles. The minimum absolute atomic E-state index is 0.331. The number of anilines is 1. The van der Waals surface area contributed by atoms with Crippen LogP contribution in [0.25, 0.3) is 0 Å². The zero-order valence-corrected chi connectivity index (χ0v) is 9.71. The van der Waals surface area contributed by atoms with E-state index in [-0.39, 0.29) is 0 Å². The lowest BCUT2D eigenvalue weighted by atomic mass is 10.1. The third kappa shape index (κ3) is 1.82. The number of aliphatic hydroxyl groups excluding tert-OH is 2. The second-order valence-electron chi connectivity index (χ2n) is 5.10. The molecule has 1 aliphatic carbocycles. The van der Waals surface area contributed by atoms with Crippen LogP contribution in [0.4, 0.5) is 5.69 Å². The van der Waals surface area contributed by atoms with E-state index in [2.05, 4.69) is 11.0 Å². The molecule has 1 heterocycles. The molecule has 3 atom stereocenters. The largest absolute Gasteiger partial charge is 0.399 e. The van der Waals surface area contributed by atoms with Crippen molar-refractivity contribution in [3.63, 3.8) is 0 Å². The summed E-state index contributed by atoms with van der Waals surface area (Å²) >= 11 is 0. The number of aliphatic hydroxyl groups is 2. The first-order valence-corrected chi connectivity index (χ1v) is 6.13. The van der Waals surface area contributed by atoms with Gasteiger partial charge in [-0.15, -0.1) is 0 Å². The molecule has 17 heavy (non-hydrogen) atoms. The van der Waals surface area contributed by atoms with Gasteiger partial charge in [-0.25, -0.2) is 0 Å². The summed E-state index contributed by atoms with van der Waals surface area (Å²) in [6, 6.07) is 6.38. The average molecular weight is 234 g/mol. The number of rotatable bonds is 1. The molecular weight excluding hydrogens is 216 g/mol. The van der Waals surface area contributed by atoms with Crippen molar-refractivity contribution < 1.29 is 10.2 Å². The molecule has 1 aromatic rings. The van der Waals surface area contributed by atoms with Gasteiger partial charge in [-0.1, -0.05) is 6.07 Å². The number of nitrogens with two attached hydrogens (primary N) is 1. The van der Waals surface area contributed by atoms with Crippen molar-refractivity contribution in [2.45, 2.75) is 31.1 Å². The van der Waals surface area contributed by atoms with Gasteiger partial charge in [0.05, 0.1) is 12.2 Å². The Hall–Kier alpha value is -1.10. The molecule has 92 valence electrons. The lowest BCUT2D eigenvalue weighted by Crippen LogP contribution is -2.26. The third-order valence-electron chi connectivity index (χ3n) is 3.94. The minimum atomic E-state index is -0.604. The molecular formula is C13H18N2O2.